The predicted molar refractivity (Wildman–Crippen MR) is 147 cm³/mol. The average molecular weight is 574 g/mol. The highest BCUT2D eigenvalue weighted by Crippen LogP contribution is 2.26. The summed E-state index contributed by atoms with van der Waals surface area (Å²) in [6.45, 7) is 4.27. The van der Waals surface area contributed by atoms with Crippen molar-refractivity contribution in [2.24, 2.45) is 0 Å². The monoisotopic (exact) mass is 573 g/mol. The van der Waals surface area contributed by atoms with E-state index in [0.717, 1.165) is 43.3 Å². The van der Waals surface area contributed by atoms with Crippen molar-refractivity contribution in [1.82, 2.24) is 14.8 Å². The summed E-state index contributed by atoms with van der Waals surface area (Å²) in [4.78, 5) is 26.4. The number of carbonyl (C=O) groups is 2. The largest absolute Gasteiger partial charge is 0.489 e. The van der Waals surface area contributed by atoms with Crippen molar-refractivity contribution in [2.75, 3.05) is 0 Å². The number of rotatable bonds is 7. The number of hydrogen-bond donors (Lipinski definition) is 1. The molecule has 1 aliphatic rings. The fourth-order valence-corrected chi connectivity index (χ4v) is 4.70. The zero-order chi connectivity index (χ0) is 26.8. The quantitative estimate of drug-likeness (QED) is 0.198. The number of hydrogen-bond acceptors (Lipinski definition) is 3. The van der Waals surface area contributed by atoms with Gasteiger partial charge < -0.3 is 14.6 Å². The summed E-state index contributed by atoms with van der Waals surface area (Å²) in [5.41, 5.74) is 5.14. The van der Waals surface area contributed by atoms with Crippen LogP contribution in [-0.2, 0) is 17.9 Å². The summed E-state index contributed by atoms with van der Waals surface area (Å²) >= 11 is 3.44. The van der Waals surface area contributed by atoms with E-state index < -0.39 is 17.8 Å². The van der Waals surface area contributed by atoms with E-state index in [2.05, 4.69) is 25.8 Å². The molecule has 2 heterocycles. The highest BCUT2D eigenvalue weighted by atomic mass is 79.9. The molecule has 4 aromatic rings. The number of benzene rings is 3. The van der Waals surface area contributed by atoms with E-state index in [1.807, 2.05) is 68.4 Å². The predicted octanol–water partition coefficient (Wildman–Crippen LogP) is 6.67. The third-order valence-corrected chi connectivity index (χ3v) is 6.96. The molecule has 0 aliphatic carbocycles. The lowest BCUT2D eigenvalue weighted by Crippen LogP contribution is -2.30. The number of urea groups is 1. The lowest BCUT2D eigenvalue weighted by atomic mass is 10.2. The Balaban J connectivity index is 1.32. The molecule has 6 nitrogen and oxygen atoms in total. The first-order valence-corrected chi connectivity index (χ1v) is 12.8. The summed E-state index contributed by atoms with van der Waals surface area (Å²) in [5, 5.41) is 2.62. The number of aryl methyl sites for hydroxylation is 1. The second-order valence-corrected chi connectivity index (χ2v) is 9.96. The van der Waals surface area contributed by atoms with Crippen molar-refractivity contribution >= 4 is 33.9 Å². The van der Waals surface area contributed by atoms with Crippen molar-refractivity contribution in [2.45, 2.75) is 27.0 Å². The van der Waals surface area contributed by atoms with E-state index in [0.29, 0.717) is 6.61 Å². The minimum atomic E-state index is -0.572. The minimum Gasteiger partial charge on any atom is -0.489 e. The molecule has 0 unspecified atom stereocenters. The Morgan fingerprint density at radius 2 is 1.68 bits per heavy atom. The molecule has 1 aromatic heterocycles. The van der Waals surface area contributed by atoms with Crippen molar-refractivity contribution < 1.29 is 18.7 Å². The van der Waals surface area contributed by atoms with Crippen LogP contribution in [0.4, 0.5) is 9.18 Å². The van der Waals surface area contributed by atoms with E-state index in [4.69, 9.17) is 4.74 Å². The van der Waals surface area contributed by atoms with E-state index >= 15 is 0 Å². The van der Waals surface area contributed by atoms with Crippen molar-refractivity contribution in [3.63, 3.8) is 0 Å². The number of imide groups is 1. The van der Waals surface area contributed by atoms with Crippen molar-refractivity contribution in [3.8, 4) is 11.4 Å². The minimum absolute atomic E-state index is 0.135. The number of aromatic nitrogens is 1. The van der Waals surface area contributed by atoms with Gasteiger partial charge in [0.05, 0.1) is 6.54 Å². The fourth-order valence-electron chi connectivity index (χ4n) is 4.44. The van der Waals surface area contributed by atoms with E-state index in [9.17, 15) is 14.0 Å². The molecule has 1 aliphatic heterocycles. The Morgan fingerprint density at radius 1 is 0.974 bits per heavy atom. The first kappa shape index (κ1) is 25.5. The zero-order valence-corrected chi connectivity index (χ0v) is 22.5. The number of nitrogens with zero attached hydrogens (tertiary/aromatic N) is 2. The van der Waals surface area contributed by atoms with E-state index in [1.54, 1.807) is 24.3 Å². The van der Waals surface area contributed by atoms with Crippen LogP contribution in [0, 0.1) is 19.7 Å². The standard InChI is InChI=1S/C30H25BrFN3O3/c1-19-15-23(16-28-29(36)34(30(37)33-28)17-22-5-3-4-6-27(22)32)20(2)35(19)25-11-13-26(14-12-25)38-18-21-7-9-24(31)10-8-21/h3-16H,17-18H2,1-2H3,(H,33,37)/b28-16+. The summed E-state index contributed by atoms with van der Waals surface area (Å²) in [6, 6.07) is 23.3. The smallest absolute Gasteiger partial charge is 0.329 e. The summed E-state index contributed by atoms with van der Waals surface area (Å²) in [6.07, 6.45) is 1.66. The maximum absolute atomic E-state index is 14.1. The molecule has 1 N–H and O–H groups in total. The van der Waals surface area contributed by atoms with Gasteiger partial charge in [-0.15, -0.1) is 0 Å². The van der Waals surface area contributed by atoms with E-state index in [1.165, 1.54) is 6.07 Å². The molecule has 0 spiro atoms. The maximum atomic E-state index is 14.1. The molecule has 1 saturated heterocycles. The maximum Gasteiger partial charge on any atom is 0.329 e. The van der Waals surface area contributed by atoms with Gasteiger partial charge in [-0.1, -0.05) is 46.3 Å². The lowest BCUT2D eigenvalue weighted by Gasteiger charge is -2.12. The van der Waals surface area contributed by atoms with Crippen LogP contribution in [0.3, 0.4) is 0 Å². The fraction of sp³-hybridized carbons (Fsp3) is 0.133. The molecule has 5 rings (SSSR count). The molecule has 192 valence electrons. The molecule has 0 bridgehead atoms. The molecule has 8 heteroatoms. The molecule has 0 atom stereocenters. The molecule has 1 fully saturated rings. The van der Waals surface area contributed by atoms with Crippen LogP contribution in [0.25, 0.3) is 11.8 Å². The Labute approximate surface area is 228 Å². The van der Waals surface area contributed by atoms with Gasteiger partial charge >= 0.3 is 6.03 Å². The Kier molecular flexibility index (Phi) is 7.15. The molecule has 0 saturated carbocycles. The van der Waals surface area contributed by atoms with Gasteiger partial charge in [0.1, 0.15) is 23.9 Å². The summed E-state index contributed by atoms with van der Waals surface area (Å²) in [5.74, 6) is -0.190. The SMILES string of the molecule is Cc1cc(/C=C2/NC(=O)N(Cc3ccccc3F)C2=O)c(C)n1-c1ccc(OCc2ccc(Br)cc2)cc1. The summed E-state index contributed by atoms with van der Waals surface area (Å²) in [7, 11) is 0. The first-order chi connectivity index (χ1) is 18.3. The average Bonchev–Trinajstić information content (AvgIpc) is 3.34. The molecule has 3 aromatic carbocycles. The van der Waals surface area contributed by atoms with Gasteiger partial charge in [0.15, 0.2) is 0 Å². The van der Waals surface area contributed by atoms with Crippen LogP contribution in [0.5, 0.6) is 5.75 Å². The number of carbonyl (C=O) groups excluding carboxylic acids is 2. The van der Waals surface area contributed by atoms with Crippen LogP contribution in [0.1, 0.15) is 28.1 Å². The normalized spacial score (nSPS) is 14.3. The summed E-state index contributed by atoms with van der Waals surface area (Å²) < 4.78 is 23.1. The number of nitrogens with one attached hydrogen (secondary N) is 1. The number of ether oxygens (including phenoxy) is 1. The topological polar surface area (TPSA) is 63.6 Å². The van der Waals surface area contributed by atoms with Crippen molar-refractivity contribution in [3.05, 3.63) is 123 Å². The van der Waals surface area contributed by atoms with Gasteiger partial charge in [0, 0.05) is 27.1 Å². The van der Waals surface area contributed by atoms with Gasteiger partial charge in [-0.3, -0.25) is 9.69 Å². The molecular weight excluding hydrogens is 549 g/mol. The van der Waals surface area contributed by atoms with Gasteiger partial charge in [-0.2, -0.15) is 0 Å². The Morgan fingerprint density at radius 3 is 2.39 bits per heavy atom. The van der Waals surface area contributed by atoms with Gasteiger partial charge in [-0.05, 0) is 79.6 Å². The van der Waals surface area contributed by atoms with Crippen LogP contribution in [0.15, 0.2) is 89.0 Å². The van der Waals surface area contributed by atoms with Crippen LogP contribution >= 0.6 is 15.9 Å². The molecule has 3 amide bonds. The van der Waals surface area contributed by atoms with Crippen LogP contribution in [0.2, 0.25) is 0 Å². The highest BCUT2D eigenvalue weighted by Gasteiger charge is 2.34. The van der Waals surface area contributed by atoms with Gasteiger partial charge in [0.25, 0.3) is 5.91 Å². The van der Waals surface area contributed by atoms with Crippen LogP contribution < -0.4 is 10.1 Å². The van der Waals surface area contributed by atoms with Gasteiger partial charge in [0.2, 0.25) is 0 Å². The highest BCUT2D eigenvalue weighted by molar-refractivity contribution is 9.10. The van der Waals surface area contributed by atoms with Crippen LogP contribution in [-0.4, -0.2) is 21.4 Å². The van der Waals surface area contributed by atoms with Gasteiger partial charge in [-0.25, -0.2) is 9.18 Å². The third-order valence-electron chi connectivity index (χ3n) is 6.43. The third kappa shape index (κ3) is 5.26. The zero-order valence-electron chi connectivity index (χ0n) is 20.9. The number of amides is 3. The molecule has 38 heavy (non-hydrogen) atoms. The Hall–Kier alpha value is -4.17. The second-order valence-electron chi connectivity index (χ2n) is 9.04. The lowest BCUT2D eigenvalue weighted by molar-refractivity contribution is -0.123. The molecule has 0 radical (unpaired) electrons. The van der Waals surface area contributed by atoms with E-state index in [-0.39, 0.29) is 17.8 Å². The first-order valence-electron chi connectivity index (χ1n) is 12.0. The molecular formula is C30H25BrFN3O3. The second kappa shape index (κ2) is 10.7. The number of halogens is 2. The Bertz CT molecular complexity index is 1540. The van der Waals surface area contributed by atoms with Crippen molar-refractivity contribution in [1.29, 1.82) is 0 Å².